The quantitative estimate of drug-likeness (QED) is 0.370. The van der Waals surface area contributed by atoms with Crippen molar-refractivity contribution < 1.29 is 9.72 Å². The number of benzene rings is 2. The van der Waals surface area contributed by atoms with Gasteiger partial charge in [-0.25, -0.2) is 9.97 Å². The van der Waals surface area contributed by atoms with E-state index in [0.717, 1.165) is 27.8 Å². The van der Waals surface area contributed by atoms with Crippen LogP contribution in [0.15, 0.2) is 64.8 Å². The smallest absolute Gasteiger partial charge is 0.276 e. The lowest BCUT2D eigenvalue weighted by Crippen LogP contribution is -2.30. The van der Waals surface area contributed by atoms with Gasteiger partial charge in [0.25, 0.3) is 5.91 Å². The van der Waals surface area contributed by atoms with Crippen LogP contribution in [-0.4, -0.2) is 20.8 Å². The third-order valence-corrected chi connectivity index (χ3v) is 4.89. The number of carbonyl (C=O) groups is 1. The highest BCUT2D eigenvalue weighted by atomic mass is 32.2. The molecule has 0 aliphatic carbocycles. The Hall–Kier alpha value is -3.46. The summed E-state index contributed by atoms with van der Waals surface area (Å²) in [6.45, 7) is 3.76. The Morgan fingerprint density at radius 2 is 1.79 bits per heavy atom. The number of hydrazine groups is 1. The van der Waals surface area contributed by atoms with Gasteiger partial charge in [0.1, 0.15) is 6.33 Å². The van der Waals surface area contributed by atoms with Gasteiger partial charge in [-0.2, -0.15) is 0 Å². The summed E-state index contributed by atoms with van der Waals surface area (Å²) < 4.78 is 0. The van der Waals surface area contributed by atoms with Crippen molar-refractivity contribution in [1.82, 2.24) is 15.4 Å². The summed E-state index contributed by atoms with van der Waals surface area (Å²) in [5.74, 6) is -0.504. The lowest BCUT2D eigenvalue weighted by Gasteiger charge is -2.10. The molecule has 1 amide bonds. The second-order valence-electron chi connectivity index (χ2n) is 5.94. The van der Waals surface area contributed by atoms with Crippen LogP contribution in [-0.2, 0) is 0 Å². The highest BCUT2D eigenvalue weighted by Gasteiger charge is 2.24. The molecule has 28 heavy (non-hydrogen) atoms. The summed E-state index contributed by atoms with van der Waals surface area (Å²) >= 11 is 1.15. The molecule has 0 aliphatic rings. The number of nitro groups is 1. The number of nitrogens with one attached hydrogen (secondary N) is 2. The number of hydrogen-bond acceptors (Lipinski definition) is 7. The van der Waals surface area contributed by atoms with Crippen LogP contribution in [0.2, 0.25) is 0 Å². The highest BCUT2D eigenvalue weighted by molar-refractivity contribution is 7.99. The van der Waals surface area contributed by atoms with Crippen LogP contribution >= 0.6 is 11.8 Å². The third-order valence-electron chi connectivity index (χ3n) is 3.89. The monoisotopic (exact) mass is 395 g/mol. The molecule has 0 saturated carbocycles. The first kappa shape index (κ1) is 19.3. The van der Waals surface area contributed by atoms with Crippen LogP contribution in [0.5, 0.6) is 0 Å². The number of aromatic nitrogens is 2. The Morgan fingerprint density at radius 1 is 1.07 bits per heavy atom. The molecule has 9 heteroatoms. The number of carbonyl (C=O) groups excluding carboxylic acids is 1. The van der Waals surface area contributed by atoms with Crippen molar-refractivity contribution in [3.05, 3.63) is 81.7 Å². The van der Waals surface area contributed by atoms with E-state index < -0.39 is 10.8 Å². The maximum Gasteiger partial charge on any atom is 0.345 e. The van der Waals surface area contributed by atoms with Gasteiger partial charge in [-0.1, -0.05) is 47.7 Å². The van der Waals surface area contributed by atoms with Crippen LogP contribution in [0.1, 0.15) is 21.5 Å². The summed E-state index contributed by atoms with van der Waals surface area (Å²) in [5.41, 5.74) is 7.03. The SMILES string of the molecule is Cc1ccc(Sc2ncnc(NNC(=O)c3ccccc3C)c2[N+](=O)[O-])cc1. The second kappa shape index (κ2) is 8.49. The first-order chi connectivity index (χ1) is 13.5. The van der Waals surface area contributed by atoms with Gasteiger partial charge in [-0.15, -0.1) is 0 Å². The molecule has 0 spiro atoms. The molecule has 0 bridgehead atoms. The van der Waals surface area contributed by atoms with Gasteiger partial charge in [0, 0.05) is 10.5 Å². The van der Waals surface area contributed by atoms with E-state index >= 15 is 0 Å². The average Bonchev–Trinajstić information content (AvgIpc) is 2.68. The van der Waals surface area contributed by atoms with Gasteiger partial charge in [0.15, 0.2) is 5.03 Å². The van der Waals surface area contributed by atoms with Crippen molar-refractivity contribution in [2.24, 2.45) is 0 Å². The van der Waals surface area contributed by atoms with E-state index in [0.29, 0.717) is 5.56 Å². The van der Waals surface area contributed by atoms with Crippen molar-refractivity contribution in [3.8, 4) is 0 Å². The lowest BCUT2D eigenvalue weighted by atomic mass is 10.1. The minimum Gasteiger partial charge on any atom is -0.276 e. The molecule has 0 unspecified atom stereocenters. The zero-order chi connectivity index (χ0) is 20.1. The van der Waals surface area contributed by atoms with Gasteiger partial charge in [0.05, 0.1) is 4.92 Å². The van der Waals surface area contributed by atoms with Crippen molar-refractivity contribution in [3.63, 3.8) is 0 Å². The Labute approximate surface area is 165 Å². The number of amides is 1. The maximum absolute atomic E-state index is 12.3. The average molecular weight is 395 g/mol. The van der Waals surface area contributed by atoms with E-state index in [1.165, 1.54) is 6.33 Å². The van der Waals surface area contributed by atoms with E-state index in [2.05, 4.69) is 20.8 Å². The number of anilines is 1. The Kier molecular flexibility index (Phi) is 5.85. The van der Waals surface area contributed by atoms with Crippen molar-refractivity contribution in [1.29, 1.82) is 0 Å². The zero-order valence-electron chi connectivity index (χ0n) is 15.2. The van der Waals surface area contributed by atoms with Crippen molar-refractivity contribution in [2.45, 2.75) is 23.8 Å². The molecular weight excluding hydrogens is 378 g/mol. The normalized spacial score (nSPS) is 10.4. The van der Waals surface area contributed by atoms with Crippen LogP contribution in [0.4, 0.5) is 11.5 Å². The van der Waals surface area contributed by atoms with Crippen molar-refractivity contribution in [2.75, 3.05) is 5.43 Å². The minimum atomic E-state index is -0.571. The predicted octanol–water partition coefficient (Wildman–Crippen LogP) is 3.91. The molecule has 2 aromatic carbocycles. The summed E-state index contributed by atoms with van der Waals surface area (Å²) in [5, 5.41) is 11.8. The standard InChI is InChI=1S/C19H17N5O3S/c1-12-7-9-14(10-8-12)28-19-16(24(26)27)17(20-11-21-19)22-23-18(25)15-6-4-3-5-13(15)2/h3-11H,1-2H3,(H,23,25)(H,20,21,22). The first-order valence-electron chi connectivity index (χ1n) is 8.31. The van der Waals surface area contributed by atoms with Gasteiger partial charge in [-0.3, -0.25) is 25.8 Å². The molecule has 0 radical (unpaired) electrons. The Morgan fingerprint density at radius 3 is 2.46 bits per heavy atom. The fourth-order valence-corrected chi connectivity index (χ4v) is 3.29. The molecule has 142 valence electrons. The van der Waals surface area contributed by atoms with Crippen LogP contribution in [0.3, 0.4) is 0 Å². The molecule has 0 aliphatic heterocycles. The molecule has 0 saturated heterocycles. The fourth-order valence-electron chi connectivity index (χ4n) is 2.42. The highest BCUT2D eigenvalue weighted by Crippen LogP contribution is 2.36. The molecule has 0 fully saturated rings. The summed E-state index contributed by atoms with van der Waals surface area (Å²) in [7, 11) is 0. The second-order valence-corrected chi connectivity index (χ2v) is 7.00. The number of rotatable bonds is 6. The minimum absolute atomic E-state index is 0.0865. The van der Waals surface area contributed by atoms with E-state index in [9.17, 15) is 14.9 Å². The van der Waals surface area contributed by atoms with Gasteiger partial charge >= 0.3 is 5.69 Å². The van der Waals surface area contributed by atoms with Crippen LogP contribution in [0, 0.1) is 24.0 Å². The van der Waals surface area contributed by atoms with Crippen LogP contribution in [0.25, 0.3) is 0 Å². The lowest BCUT2D eigenvalue weighted by molar-refractivity contribution is -0.387. The number of hydrogen-bond donors (Lipinski definition) is 2. The number of aryl methyl sites for hydroxylation is 2. The largest absolute Gasteiger partial charge is 0.345 e. The topological polar surface area (TPSA) is 110 Å². The maximum atomic E-state index is 12.3. The molecule has 0 atom stereocenters. The van der Waals surface area contributed by atoms with Crippen molar-refractivity contribution >= 4 is 29.2 Å². The summed E-state index contributed by atoms with van der Waals surface area (Å²) in [4.78, 5) is 32.1. The van der Waals surface area contributed by atoms with Gasteiger partial charge in [-0.05, 0) is 37.6 Å². The molecule has 3 aromatic rings. The Bertz CT molecular complexity index is 1020. The van der Waals surface area contributed by atoms with E-state index in [1.807, 2.05) is 37.3 Å². The first-order valence-corrected chi connectivity index (χ1v) is 9.13. The summed E-state index contributed by atoms with van der Waals surface area (Å²) in [6, 6.07) is 14.6. The summed E-state index contributed by atoms with van der Waals surface area (Å²) in [6.07, 6.45) is 1.21. The number of nitrogens with zero attached hydrogens (tertiary/aromatic N) is 3. The van der Waals surface area contributed by atoms with E-state index in [-0.39, 0.29) is 16.5 Å². The molecule has 1 aromatic heterocycles. The van der Waals surface area contributed by atoms with E-state index in [4.69, 9.17) is 0 Å². The zero-order valence-corrected chi connectivity index (χ0v) is 16.0. The van der Waals surface area contributed by atoms with E-state index in [1.54, 1.807) is 25.1 Å². The van der Waals surface area contributed by atoms with Gasteiger partial charge < -0.3 is 0 Å². The molecule has 2 N–H and O–H groups in total. The van der Waals surface area contributed by atoms with Crippen LogP contribution < -0.4 is 10.9 Å². The molecule has 3 rings (SSSR count). The molecule has 1 heterocycles. The fraction of sp³-hybridized carbons (Fsp3) is 0.105. The molecule has 8 nitrogen and oxygen atoms in total. The predicted molar refractivity (Wildman–Crippen MR) is 106 cm³/mol. The van der Waals surface area contributed by atoms with Gasteiger partial charge in [0.2, 0.25) is 5.82 Å². The molecular formula is C19H17N5O3S. The Balaban J connectivity index is 1.83. The third kappa shape index (κ3) is 4.44.